The minimum atomic E-state index is -0.286. The minimum absolute atomic E-state index is 0.286. The zero-order valence-electron chi connectivity index (χ0n) is 12.9. The second-order valence-corrected chi connectivity index (χ2v) is 6.10. The van der Waals surface area contributed by atoms with Crippen molar-refractivity contribution in [2.45, 2.75) is 13.3 Å². The third kappa shape index (κ3) is 3.68. The van der Waals surface area contributed by atoms with Crippen molar-refractivity contribution in [3.8, 4) is 0 Å². The van der Waals surface area contributed by atoms with Crippen LogP contribution in [0.1, 0.15) is 22.2 Å². The summed E-state index contributed by atoms with van der Waals surface area (Å²) in [6.45, 7) is 3.01. The van der Waals surface area contributed by atoms with Gasteiger partial charge in [-0.3, -0.25) is 0 Å². The lowest BCUT2D eigenvalue weighted by Crippen LogP contribution is -2.05. The summed E-state index contributed by atoms with van der Waals surface area (Å²) < 4.78 is 5.06. The average Bonchev–Trinajstić information content (AvgIpc) is 3.01. The Morgan fingerprint density at radius 2 is 2.09 bits per heavy atom. The second-order valence-electron chi connectivity index (χ2n) is 5.07. The van der Waals surface area contributed by atoms with Gasteiger partial charge in [0.25, 0.3) is 0 Å². The van der Waals surface area contributed by atoms with Gasteiger partial charge in [-0.1, -0.05) is 30.3 Å². The number of ether oxygens (including phenoxy) is 1. The molecular formula is C18H18N2O2S. The van der Waals surface area contributed by atoms with Gasteiger partial charge in [-0.05, 0) is 31.0 Å². The second kappa shape index (κ2) is 7.24. The van der Waals surface area contributed by atoms with Gasteiger partial charge in [-0.25, -0.2) is 9.78 Å². The molecule has 3 aromatic rings. The van der Waals surface area contributed by atoms with Crippen molar-refractivity contribution in [2.24, 2.45) is 0 Å². The highest BCUT2D eigenvalue weighted by Crippen LogP contribution is 2.30. The van der Waals surface area contributed by atoms with Gasteiger partial charge in [-0.15, -0.1) is 11.3 Å². The molecule has 0 saturated heterocycles. The molecule has 0 saturated carbocycles. The first-order valence-corrected chi connectivity index (χ1v) is 8.43. The predicted molar refractivity (Wildman–Crippen MR) is 94.2 cm³/mol. The van der Waals surface area contributed by atoms with Gasteiger partial charge < -0.3 is 10.1 Å². The van der Waals surface area contributed by atoms with Crippen LogP contribution in [0.3, 0.4) is 0 Å². The zero-order valence-corrected chi connectivity index (χ0v) is 13.7. The molecule has 0 fully saturated rings. The van der Waals surface area contributed by atoms with Gasteiger partial charge >= 0.3 is 5.97 Å². The summed E-state index contributed by atoms with van der Waals surface area (Å²) in [4.78, 5) is 17.6. The van der Waals surface area contributed by atoms with E-state index < -0.39 is 0 Å². The van der Waals surface area contributed by atoms with E-state index in [1.807, 2.05) is 30.3 Å². The molecule has 3 rings (SSSR count). The Morgan fingerprint density at radius 1 is 1.26 bits per heavy atom. The van der Waals surface area contributed by atoms with Crippen LogP contribution >= 0.6 is 11.3 Å². The molecule has 1 aromatic carbocycles. The maximum atomic E-state index is 11.9. The number of carbonyl (C=O) groups excluding carboxylic acids is 1. The molecule has 0 radical (unpaired) electrons. The summed E-state index contributed by atoms with van der Waals surface area (Å²) in [5, 5.41) is 4.40. The smallest absolute Gasteiger partial charge is 0.348 e. The minimum Gasteiger partial charge on any atom is -0.462 e. The number of aromatic nitrogens is 1. The van der Waals surface area contributed by atoms with Crippen LogP contribution in [0.4, 0.5) is 5.69 Å². The van der Waals surface area contributed by atoms with Crippen molar-refractivity contribution in [2.75, 3.05) is 18.5 Å². The SMILES string of the molecule is CCOC(=O)c1cc2c(NCCc3ccccc3)ccnc2s1. The molecule has 118 valence electrons. The molecule has 0 amide bonds. The van der Waals surface area contributed by atoms with Crippen LogP contribution in [-0.4, -0.2) is 24.1 Å². The lowest BCUT2D eigenvalue weighted by Gasteiger charge is -2.07. The fourth-order valence-electron chi connectivity index (χ4n) is 2.38. The number of nitrogens with zero attached hydrogens (tertiary/aromatic N) is 1. The molecule has 0 unspecified atom stereocenters. The van der Waals surface area contributed by atoms with Crippen molar-refractivity contribution in [1.29, 1.82) is 0 Å². The number of esters is 1. The normalized spacial score (nSPS) is 10.7. The standard InChI is InChI=1S/C18H18N2O2S/c1-2-22-18(21)16-12-14-15(9-11-20-17(14)23-16)19-10-8-13-6-4-3-5-7-13/h3-7,9,11-12H,2,8,10H2,1H3,(H,19,20). The van der Waals surface area contributed by atoms with E-state index in [1.165, 1.54) is 16.9 Å². The third-order valence-corrected chi connectivity index (χ3v) is 4.51. The monoisotopic (exact) mass is 326 g/mol. The summed E-state index contributed by atoms with van der Waals surface area (Å²) in [6, 6.07) is 14.1. The van der Waals surface area contributed by atoms with E-state index >= 15 is 0 Å². The lowest BCUT2D eigenvalue weighted by molar-refractivity contribution is 0.0532. The number of fused-ring (bicyclic) bond motifs is 1. The molecule has 1 N–H and O–H groups in total. The van der Waals surface area contributed by atoms with E-state index in [4.69, 9.17) is 4.74 Å². The zero-order chi connectivity index (χ0) is 16.1. The fourth-order valence-corrected chi connectivity index (χ4v) is 3.30. The number of nitrogens with one attached hydrogen (secondary N) is 1. The number of anilines is 1. The van der Waals surface area contributed by atoms with Crippen molar-refractivity contribution < 1.29 is 9.53 Å². The van der Waals surface area contributed by atoms with E-state index in [1.54, 1.807) is 13.1 Å². The molecular weight excluding hydrogens is 308 g/mol. The first-order valence-electron chi connectivity index (χ1n) is 7.61. The van der Waals surface area contributed by atoms with Gasteiger partial charge in [0.05, 0.1) is 6.61 Å². The molecule has 23 heavy (non-hydrogen) atoms. The first-order chi connectivity index (χ1) is 11.3. The number of hydrogen-bond acceptors (Lipinski definition) is 5. The Balaban J connectivity index is 1.74. The Hall–Kier alpha value is -2.40. The fraction of sp³-hybridized carbons (Fsp3) is 0.222. The Kier molecular flexibility index (Phi) is 4.88. The van der Waals surface area contributed by atoms with Gasteiger partial charge in [0.15, 0.2) is 0 Å². The van der Waals surface area contributed by atoms with Gasteiger partial charge in [-0.2, -0.15) is 0 Å². The Labute approximate surface area is 139 Å². The van der Waals surface area contributed by atoms with Crippen LogP contribution < -0.4 is 5.32 Å². The molecule has 2 heterocycles. The van der Waals surface area contributed by atoms with Crippen LogP contribution in [0.2, 0.25) is 0 Å². The van der Waals surface area contributed by atoms with Crippen molar-refractivity contribution in [1.82, 2.24) is 4.98 Å². The topological polar surface area (TPSA) is 51.2 Å². The molecule has 0 aliphatic rings. The predicted octanol–water partition coefficient (Wildman–Crippen LogP) is 4.13. The van der Waals surface area contributed by atoms with Crippen LogP contribution in [0.15, 0.2) is 48.7 Å². The molecule has 0 aliphatic carbocycles. The summed E-state index contributed by atoms with van der Waals surface area (Å²) >= 11 is 1.36. The van der Waals surface area contributed by atoms with Gasteiger partial charge in [0.1, 0.15) is 9.71 Å². The quantitative estimate of drug-likeness (QED) is 0.692. The first kappa shape index (κ1) is 15.5. The van der Waals surface area contributed by atoms with Crippen LogP contribution in [-0.2, 0) is 11.2 Å². The molecule has 0 bridgehead atoms. The molecule has 5 heteroatoms. The van der Waals surface area contributed by atoms with Crippen LogP contribution in [0.25, 0.3) is 10.2 Å². The number of hydrogen-bond donors (Lipinski definition) is 1. The van der Waals surface area contributed by atoms with E-state index in [2.05, 4.69) is 22.4 Å². The average molecular weight is 326 g/mol. The van der Waals surface area contributed by atoms with Crippen molar-refractivity contribution in [3.05, 3.63) is 59.1 Å². The molecule has 2 aromatic heterocycles. The Morgan fingerprint density at radius 3 is 2.87 bits per heavy atom. The van der Waals surface area contributed by atoms with E-state index in [0.29, 0.717) is 11.5 Å². The number of benzene rings is 1. The number of pyridine rings is 1. The van der Waals surface area contributed by atoms with Gasteiger partial charge in [0, 0.05) is 23.8 Å². The Bertz CT molecular complexity index is 799. The van der Waals surface area contributed by atoms with E-state index in [-0.39, 0.29) is 5.97 Å². The van der Waals surface area contributed by atoms with E-state index in [9.17, 15) is 4.79 Å². The third-order valence-electron chi connectivity index (χ3n) is 3.48. The van der Waals surface area contributed by atoms with Gasteiger partial charge in [0.2, 0.25) is 0 Å². The maximum Gasteiger partial charge on any atom is 0.348 e. The molecule has 0 spiro atoms. The largest absolute Gasteiger partial charge is 0.462 e. The molecule has 4 nitrogen and oxygen atoms in total. The highest BCUT2D eigenvalue weighted by molar-refractivity contribution is 7.20. The maximum absolute atomic E-state index is 11.9. The van der Waals surface area contributed by atoms with Crippen molar-refractivity contribution in [3.63, 3.8) is 0 Å². The highest BCUT2D eigenvalue weighted by atomic mass is 32.1. The highest BCUT2D eigenvalue weighted by Gasteiger charge is 2.13. The lowest BCUT2D eigenvalue weighted by atomic mass is 10.1. The molecule has 0 atom stereocenters. The van der Waals surface area contributed by atoms with Crippen LogP contribution in [0.5, 0.6) is 0 Å². The summed E-state index contributed by atoms with van der Waals surface area (Å²) in [5.74, 6) is -0.286. The summed E-state index contributed by atoms with van der Waals surface area (Å²) in [5.41, 5.74) is 2.29. The number of carbonyl (C=O) groups is 1. The van der Waals surface area contributed by atoms with Crippen LogP contribution in [0, 0.1) is 0 Å². The summed E-state index contributed by atoms with van der Waals surface area (Å²) in [7, 11) is 0. The number of rotatable bonds is 6. The van der Waals surface area contributed by atoms with E-state index in [0.717, 1.165) is 28.9 Å². The molecule has 0 aliphatic heterocycles. The number of thiophene rings is 1. The summed E-state index contributed by atoms with van der Waals surface area (Å²) in [6.07, 6.45) is 2.71. The van der Waals surface area contributed by atoms with Crippen molar-refractivity contribution >= 4 is 33.2 Å².